The zero-order chi connectivity index (χ0) is 24.2. The van der Waals surface area contributed by atoms with Gasteiger partial charge in [-0.1, -0.05) is 23.7 Å². The molecule has 3 aliphatic rings. The zero-order valence-corrected chi connectivity index (χ0v) is 21.2. The number of nitrogens with zero attached hydrogens (tertiary/aromatic N) is 2. The Labute approximate surface area is 207 Å². The Morgan fingerprint density at radius 2 is 1.74 bits per heavy atom. The van der Waals surface area contributed by atoms with Gasteiger partial charge in [0.2, 0.25) is 5.91 Å². The molecule has 0 spiro atoms. The van der Waals surface area contributed by atoms with E-state index in [0.717, 1.165) is 25.9 Å². The first-order chi connectivity index (χ1) is 16.2. The van der Waals surface area contributed by atoms with Crippen LogP contribution in [0.4, 0.5) is 11.4 Å². The third-order valence-corrected chi connectivity index (χ3v) is 9.91. The lowest BCUT2D eigenvalue weighted by Gasteiger charge is -2.44. The molecule has 181 valence electrons. The Morgan fingerprint density at radius 1 is 1.06 bits per heavy atom. The first kappa shape index (κ1) is 23.6. The number of benzene rings is 2. The van der Waals surface area contributed by atoms with Gasteiger partial charge in [0.1, 0.15) is 6.04 Å². The van der Waals surface area contributed by atoms with Crippen LogP contribution in [0.1, 0.15) is 36.8 Å². The first-order valence-corrected chi connectivity index (χ1v) is 13.8. The van der Waals surface area contributed by atoms with E-state index in [0.29, 0.717) is 33.6 Å². The van der Waals surface area contributed by atoms with Crippen molar-refractivity contribution in [2.75, 3.05) is 22.7 Å². The van der Waals surface area contributed by atoms with E-state index in [-0.39, 0.29) is 22.6 Å². The van der Waals surface area contributed by atoms with Gasteiger partial charge in [-0.05, 0) is 107 Å². The Kier molecular flexibility index (Phi) is 6.15. The fourth-order valence-corrected chi connectivity index (χ4v) is 7.62. The van der Waals surface area contributed by atoms with E-state index >= 15 is 0 Å². The number of anilines is 2. The van der Waals surface area contributed by atoms with Gasteiger partial charge in [-0.25, -0.2) is 8.42 Å². The third kappa shape index (κ3) is 4.12. The van der Waals surface area contributed by atoms with Crippen molar-refractivity contribution in [3.8, 4) is 0 Å². The average Bonchev–Trinajstić information content (AvgIpc) is 3.65. The van der Waals surface area contributed by atoms with Gasteiger partial charge in [0, 0.05) is 11.1 Å². The van der Waals surface area contributed by atoms with Crippen LogP contribution >= 0.6 is 11.6 Å². The second-order valence-corrected chi connectivity index (χ2v) is 12.1. The topological polar surface area (TPSA) is 69.7 Å². The molecular formula is C26H31ClN3O3S. The molecule has 6 nitrogen and oxygen atoms in total. The van der Waals surface area contributed by atoms with Gasteiger partial charge in [-0.2, -0.15) is 0 Å². The Balaban J connectivity index is 1.55. The molecule has 5 rings (SSSR count). The molecule has 1 unspecified atom stereocenters. The standard InChI is InChI=1S/C26H31ClN3O3S/c1-16-15-24(17(2)14-21(16)27)34(32,33)30-23-7-5-4-6-22(23)28-26(31)25(30)18(3)19-10-12-29(13-11-19)20-8-9-20/h4-7,14-15,18-20,25H,3,8-13H2,1-2H3,(H,28,31)/t18?,25-/m1/s1. The molecule has 2 aromatic rings. The highest BCUT2D eigenvalue weighted by atomic mass is 35.5. The van der Waals surface area contributed by atoms with Gasteiger partial charge in [-0.15, -0.1) is 0 Å². The van der Waals surface area contributed by atoms with Crippen LogP contribution in [0.5, 0.6) is 0 Å². The molecule has 1 aliphatic carbocycles. The fraction of sp³-hybridized carbons (Fsp3) is 0.462. The number of hydrogen-bond acceptors (Lipinski definition) is 4. The van der Waals surface area contributed by atoms with E-state index in [4.69, 9.17) is 11.6 Å². The maximum atomic E-state index is 14.2. The number of likely N-dealkylation sites (tertiary alicyclic amines) is 1. The number of nitrogens with one attached hydrogen (secondary N) is 1. The quantitative estimate of drug-likeness (QED) is 0.640. The van der Waals surface area contributed by atoms with Crippen molar-refractivity contribution < 1.29 is 13.2 Å². The monoisotopic (exact) mass is 500 g/mol. The number of halogens is 1. The van der Waals surface area contributed by atoms with E-state index in [1.54, 1.807) is 50.2 Å². The van der Waals surface area contributed by atoms with Crippen LogP contribution in [0.3, 0.4) is 0 Å². The summed E-state index contributed by atoms with van der Waals surface area (Å²) in [5, 5.41) is 3.46. The number of carbonyl (C=O) groups is 1. The SMILES string of the molecule is [CH2]C(C1CCN(C2CC2)CC1)[C@@H]1C(=O)Nc2ccccc2N1S(=O)(=O)c1cc(C)c(Cl)cc1C. The van der Waals surface area contributed by atoms with Crippen LogP contribution in [0, 0.1) is 32.6 Å². The van der Waals surface area contributed by atoms with E-state index in [2.05, 4.69) is 17.1 Å². The van der Waals surface area contributed by atoms with Crippen molar-refractivity contribution in [1.82, 2.24) is 4.90 Å². The van der Waals surface area contributed by atoms with Gasteiger partial charge in [0.15, 0.2) is 0 Å². The normalized spacial score (nSPS) is 22.9. The van der Waals surface area contributed by atoms with E-state index in [9.17, 15) is 13.2 Å². The van der Waals surface area contributed by atoms with E-state index < -0.39 is 16.1 Å². The summed E-state index contributed by atoms with van der Waals surface area (Å²) in [6.45, 7) is 9.88. The first-order valence-electron chi connectivity index (χ1n) is 12.0. The van der Waals surface area contributed by atoms with Crippen LogP contribution in [-0.2, 0) is 14.8 Å². The second-order valence-electron chi connectivity index (χ2n) is 9.89. The predicted molar refractivity (Wildman–Crippen MR) is 136 cm³/mol. The van der Waals surface area contributed by atoms with Crippen LogP contribution in [0.25, 0.3) is 0 Å². The number of hydrogen-bond donors (Lipinski definition) is 1. The molecule has 0 bridgehead atoms. The lowest BCUT2D eigenvalue weighted by atomic mass is 9.80. The van der Waals surface area contributed by atoms with Crippen LogP contribution in [0.2, 0.25) is 5.02 Å². The number of amides is 1. The molecule has 1 N–H and O–H groups in total. The zero-order valence-electron chi connectivity index (χ0n) is 19.6. The highest BCUT2D eigenvalue weighted by molar-refractivity contribution is 7.93. The predicted octanol–water partition coefficient (Wildman–Crippen LogP) is 4.80. The van der Waals surface area contributed by atoms with Gasteiger partial charge in [-0.3, -0.25) is 9.10 Å². The number of carbonyl (C=O) groups excluding carboxylic acids is 1. The Morgan fingerprint density at radius 3 is 2.41 bits per heavy atom. The highest BCUT2D eigenvalue weighted by Crippen LogP contribution is 2.42. The summed E-state index contributed by atoms with van der Waals surface area (Å²) in [6, 6.07) is 10.1. The molecule has 1 saturated carbocycles. The van der Waals surface area contributed by atoms with Gasteiger partial charge in [0.05, 0.1) is 16.3 Å². The summed E-state index contributed by atoms with van der Waals surface area (Å²) in [5.41, 5.74) is 2.20. The summed E-state index contributed by atoms with van der Waals surface area (Å²) in [4.78, 5) is 16.1. The third-order valence-electron chi connectivity index (χ3n) is 7.56. The molecule has 8 heteroatoms. The van der Waals surface area contributed by atoms with Crippen LogP contribution in [0.15, 0.2) is 41.3 Å². The molecule has 2 heterocycles. The van der Waals surface area contributed by atoms with Gasteiger partial charge in [0.25, 0.3) is 10.0 Å². The molecule has 2 aliphatic heterocycles. The maximum absolute atomic E-state index is 14.2. The molecule has 1 radical (unpaired) electrons. The number of fused-ring (bicyclic) bond motifs is 1. The number of sulfonamides is 1. The molecule has 2 fully saturated rings. The van der Waals surface area contributed by atoms with Gasteiger partial charge >= 0.3 is 0 Å². The summed E-state index contributed by atoms with van der Waals surface area (Å²) >= 11 is 6.26. The average molecular weight is 501 g/mol. The molecule has 1 saturated heterocycles. The number of piperidine rings is 1. The van der Waals surface area contributed by atoms with Crippen molar-refractivity contribution >= 4 is 38.9 Å². The van der Waals surface area contributed by atoms with Crippen molar-refractivity contribution in [3.63, 3.8) is 0 Å². The summed E-state index contributed by atoms with van der Waals surface area (Å²) in [6.07, 6.45) is 4.38. The molecule has 2 aromatic carbocycles. The maximum Gasteiger partial charge on any atom is 0.265 e. The summed E-state index contributed by atoms with van der Waals surface area (Å²) in [5.74, 6) is -0.532. The molecule has 34 heavy (non-hydrogen) atoms. The fourth-order valence-electron chi connectivity index (χ4n) is 5.43. The van der Waals surface area contributed by atoms with E-state index in [1.807, 2.05) is 0 Å². The lowest BCUT2D eigenvalue weighted by Crippen LogP contribution is -2.56. The largest absolute Gasteiger partial charge is 0.322 e. The minimum absolute atomic E-state index is 0.166. The second kappa shape index (κ2) is 8.85. The van der Waals surface area contributed by atoms with Crippen molar-refractivity contribution in [3.05, 3.63) is 59.5 Å². The number of rotatable bonds is 5. The van der Waals surface area contributed by atoms with Crippen molar-refractivity contribution in [1.29, 1.82) is 0 Å². The summed E-state index contributed by atoms with van der Waals surface area (Å²) in [7, 11) is -4.06. The lowest BCUT2D eigenvalue weighted by molar-refractivity contribution is -0.118. The van der Waals surface area contributed by atoms with Crippen LogP contribution < -0.4 is 9.62 Å². The Hall–Kier alpha value is -2.09. The van der Waals surface area contributed by atoms with Crippen molar-refractivity contribution in [2.24, 2.45) is 11.8 Å². The minimum Gasteiger partial charge on any atom is -0.322 e. The number of para-hydroxylation sites is 2. The molecule has 1 amide bonds. The molecule has 2 atom stereocenters. The van der Waals surface area contributed by atoms with Gasteiger partial charge < -0.3 is 10.2 Å². The van der Waals surface area contributed by atoms with Crippen molar-refractivity contribution in [2.45, 2.75) is 56.5 Å². The number of aryl methyl sites for hydroxylation is 2. The smallest absolute Gasteiger partial charge is 0.265 e. The highest BCUT2D eigenvalue weighted by Gasteiger charge is 2.46. The van der Waals surface area contributed by atoms with E-state index in [1.165, 1.54) is 17.1 Å². The van der Waals surface area contributed by atoms with Crippen LogP contribution in [-0.4, -0.2) is 44.4 Å². The molecular weight excluding hydrogens is 470 g/mol. The minimum atomic E-state index is -4.06. The summed E-state index contributed by atoms with van der Waals surface area (Å²) < 4.78 is 29.7. The Bertz CT molecular complexity index is 1220. The molecule has 0 aromatic heterocycles.